The van der Waals surface area contributed by atoms with Crippen LogP contribution in [0.25, 0.3) is 11.3 Å². The Morgan fingerprint density at radius 1 is 1.04 bits per heavy atom. The van der Waals surface area contributed by atoms with E-state index in [1.165, 1.54) is 0 Å². The van der Waals surface area contributed by atoms with E-state index in [0.717, 1.165) is 29.7 Å². The summed E-state index contributed by atoms with van der Waals surface area (Å²) < 4.78 is 1.87. The molecule has 2 N–H and O–H groups in total. The summed E-state index contributed by atoms with van der Waals surface area (Å²) in [5.74, 6) is -2.28. The number of fused-ring (bicyclic) bond motifs is 2. The fourth-order valence-corrected chi connectivity index (χ4v) is 4.22. The molecule has 1 aliphatic carbocycles. The lowest BCUT2D eigenvalue weighted by Crippen LogP contribution is -2.42. The molecule has 0 saturated heterocycles. The van der Waals surface area contributed by atoms with E-state index in [2.05, 4.69) is 0 Å². The molecule has 1 saturated carbocycles. The van der Waals surface area contributed by atoms with Crippen molar-refractivity contribution < 1.29 is 19.8 Å². The number of carboxylic acid groups (broad SMARTS) is 1. The van der Waals surface area contributed by atoms with Crippen molar-refractivity contribution in [2.75, 3.05) is 0 Å². The zero-order valence-corrected chi connectivity index (χ0v) is 14.0. The molecule has 0 unspecified atom stereocenters. The van der Waals surface area contributed by atoms with Crippen LogP contribution in [0.2, 0.25) is 0 Å². The molecule has 4 rings (SSSR count). The standard InChI is InChI=1S/C20H19NO4/c1-12-4-6-13(7-5-12)14-8-9-15-17(22)16(19(24)25)18(23)20(21(14)15)10-2-3-11-20/h4-9,23H,2-3,10-11H2,1H3,(H,24,25). The Morgan fingerprint density at radius 3 is 2.24 bits per heavy atom. The lowest BCUT2D eigenvalue weighted by Gasteiger charge is -2.37. The minimum atomic E-state index is -1.36. The quantitative estimate of drug-likeness (QED) is 0.816. The first-order valence-electron chi connectivity index (χ1n) is 8.47. The van der Waals surface area contributed by atoms with Gasteiger partial charge in [-0.3, -0.25) is 4.79 Å². The van der Waals surface area contributed by atoms with Gasteiger partial charge in [-0.05, 0) is 37.5 Å². The lowest BCUT2D eigenvalue weighted by molar-refractivity contribution is -0.132. The van der Waals surface area contributed by atoms with Gasteiger partial charge in [0.15, 0.2) is 0 Å². The molecule has 2 aromatic rings. The summed E-state index contributed by atoms with van der Waals surface area (Å²) in [4.78, 5) is 24.3. The Bertz CT molecular complexity index is 912. The molecule has 0 radical (unpaired) electrons. The molecular formula is C20H19NO4. The van der Waals surface area contributed by atoms with Crippen molar-refractivity contribution in [1.29, 1.82) is 0 Å². The summed E-state index contributed by atoms with van der Waals surface area (Å²) in [7, 11) is 0. The molecule has 1 aliphatic heterocycles. The molecule has 128 valence electrons. The van der Waals surface area contributed by atoms with Crippen LogP contribution >= 0.6 is 0 Å². The van der Waals surface area contributed by atoms with Crippen molar-refractivity contribution in [2.24, 2.45) is 0 Å². The highest BCUT2D eigenvalue weighted by atomic mass is 16.4. The number of hydrogen-bond acceptors (Lipinski definition) is 3. The number of carboxylic acids is 1. The van der Waals surface area contributed by atoms with Gasteiger partial charge in [-0.25, -0.2) is 4.79 Å². The maximum atomic E-state index is 12.7. The highest BCUT2D eigenvalue weighted by Crippen LogP contribution is 2.49. The smallest absolute Gasteiger partial charge is 0.343 e. The van der Waals surface area contributed by atoms with E-state index in [-0.39, 0.29) is 5.76 Å². The van der Waals surface area contributed by atoms with Gasteiger partial charge in [0.25, 0.3) is 0 Å². The minimum Gasteiger partial charge on any atom is -0.509 e. The van der Waals surface area contributed by atoms with Gasteiger partial charge in [0.05, 0.1) is 5.69 Å². The van der Waals surface area contributed by atoms with Crippen molar-refractivity contribution in [3.05, 3.63) is 59.0 Å². The van der Waals surface area contributed by atoms with Crippen molar-refractivity contribution in [3.63, 3.8) is 0 Å². The maximum absolute atomic E-state index is 12.7. The van der Waals surface area contributed by atoms with Crippen LogP contribution in [-0.2, 0) is 10.3 Å². The lowest BCUT2D eigenvalue weighted by atomic mass is 9.85. The van der Waals surface area contributed by atoms with Gasteiger partial charge in [0.2, 0.25) is 5.78 Å². The van der Waals surface area contributed by atoms with Gasteiger partial charge < -0.3 is 14.8 Å². The third kappa shape index (κ3) is 2.08. The number of allylic oxidation sites excluding steroid dienone is 1. The van der Waals surface area contributed by atoms with Crippen LogP contribution in [0.5, 0.6) is 0 Å². The first-order valence-corrected chi connectivity index (χ1v) is 8.47. The fraction of sp³-hybridized carbons (Fsp3) is 0.300. The second kappa shape index (κ2) is 5.34. The zero-order valence-electron chi connectivity index (χ0n) is 14.0. The summed E-state index contributed by atoms with van der Waals surface area (Å²) in [6.07, 6.45) is 3.03. The Hall–Kier alpha value is -2.82. The second-order valence-electron chi connectivity index (χ2n) is 6.90. The average Bonchev–Trinajstić information content (AvgIpc) is 3.22. The molecule has 1 aromatic carbocycles. The first kappa shape index (κ1) is 15.7. The molecule has 0 amide bonds. The van der Waals surface area contributed by atoms with Crippen molar-refractivity contribution in [3.8, 4) is 11.3 Å². The number of carbonyl (C=O) groups is 2. The van der Waals surface area contributed by atoms with Gasteiger partial charge in [0, 0.05) is 5.69 Å². The third-order valence-electron chi connectivity index (χ3n) is 5.44. The Labute approximate surface area is 145 Å². The van der Waals surface area contributed by atoms with Gasteiger partial charge in [-0.1, -0.05) is 42.7 Å². The number of carbonyl (C=O) groups excluding carboxylic acids is 1. The van der Waals surface area contributed by atoms with Crippen LogP contribution in [0.4, 0.5) is 0 Å². The topological polar surface area (TPSA) is 79.5 Å². The largest absolute Gasteiger partial charge is 0.509 e. The maximum Gasteiger partial charge on any atom is 0.343 e. The fourth-order valence-electron chi connectivity index (χ4n) is 4.22. The molecule has 1 fully saturated rings. The van der Waals surface area contributed by atoms with E-state index >= 15 is 0 Å². The highest BCUT2D eigenvalue weighted by molar-refractivity contribution is 6.24. The molecule has 2 aliphatic rings. The molecule has 2 heterocycles. The van der Waals surface area contributed by atoms with Crippen LogP contribution < -0.4 is 0 Å². The molecule has 5 heteroatoms. The van der Waals surface area contributed by atoms with Crippen LogP contribution in [0, 0.1) is 6.92 Å². The van der Waals surface area contributed by atoms with Crippen LogP contribution in [0.1, 0.15) is 41.7 Å². The summed E-state index contributed by atoms with van der Waals surface area (Å²) >= 11 is 0. The van der Waals surface area contributed by atoms with E-state index in [1.807, 2.05) is 41.8 Å². The molecule has 1 aromatic heterocycles. The van der Waals surface area contributed by atoms with Crippen molar-refractivity contribution in [2.45, 2.75) is 38.1 Å². The van der Waals surface area contributed by atoms with E-state index < -0.39 is 22.9 Å². The second-order valence-corrected chi connectivity index (χ2v) is 6.90. The molecule has 0 bridgehead atoms. The van der Waals surface area contributed by atoms with E-state index in [4.69, 9.17) is 0 Å². The van der Waals surface area contributed by atoms with E-state index in [9.17, 15) is 19.8 Å². The summed E-state index contributed by atoms with van der Waals surface area (Å²) in [5.41, 5.74) is 1.94. The number of nitrogens with zero attached hydrogens (tertiary/aromatic N) is 1. The number of aliphatic carboxylic acids is 1. The van der Waals surface area contributed by atoms with Gasteiger partial charge in [-0.15, -0.1) is 0 Å². The number of Topliss-reactive ketones (excluding diaryl/α,β-unsaturated/α-hetero) is 1. The molecular weight excluding hydrogens is 318 g/mol. The van der Waals surface area contributed by atoms with Crippen molar-refractivity contribution in [1.82, 2.24) is 4.57 Å². The summed E-state index contributed by atoms with van der Waals surface area (Å²) in [5, 5.41) is 20.3. The molecule has 0 atom stereocenters. The highest BCUT2D eigenvalue weighted by Gasteiger charge is 2.50. The Balaban J connectivity index is 1.99. The SMILES string of the molecule is Cc1ccc(-c2ccc3n2C2(CCCC2)C(O)=C(C(=O)O)C3=O)cc1. The number of ketones is 1. The van der Waals surface area contributed by atoms with Crippen LogP contribution in [0.15, 0.2) is 47.7 Å². The Morgan fingerprint density at radius 2 is 1.64 bits per heavy atom. The Kier molecular flexibility index (Phi) is 3.35. The number of hydrogen-bond donors (Lipinski definition) is 2. The number of aryl methyl sites for hydroxylation is 1. The molecule has 1 spiro atoms. The molecule has 25 heavy (non-hydrogen) atoms. The van der Waals surface area contributed by atoms with Gasteiger partial charge in [-0.2, -0.15) is 0 Å². The van der Waals surface area contributed by atoms with Crippen molar-refractivity contribution >= 4 is 11.8 Å². The third-order valence-corrected chi connectivity index (χ3v) is 5.44. The predicted molar refractivity (Wildman–Crippen MR) is 92.7 cm³/mol. The summed E-state index contributed by atoms with van der Waals surface area (Å²) in [6, 6.07) is 11.5. The predicted octanol–water partition coefficient (Wildman–Crippen LogP) is 3.83. The normalized spacial score (nSPS) is 18.7. The molecule has 5 nitrogen and oxygen atoms in total. The van der Waals surface area contributed by atoms with Crippen LogP contribution in [-0.4, -0.2) is 26.5 Å². The average molecular weight is 337 g/mol. The van der Waals surface area contributed by atoms with E-state index in [1.54, 1.807) is 6.07 Å². The zero-order chi connectivity index (χ0) is 17.8. The van der Waals surface area contributed by atoms with Crippen LogP contribution in [0.3, 0.4) is 0 Å². The number of aliphatic hydroxyl groups is 1. The van der Waals surface area contributed by atoms with E-state index in [0.29, 0.717) is 18.5 Å². The number of rotatable bonds is 2. The number of aromatic nitrogens is 1. The summed E-state index contributed by atoms with van der Waals surface area (Å²) in [6.45, 7) is 2.01. The number of benzene rings is 1. The first-order chi connectivity index (χ1) is 12.0. The van der Waals surface area contributed by atoms with Gasteiger partial charge in [0.1, 0.15) is 16.9 Å². The number of aliphatic hydroxyl groups excluding tert-OH is 1. The monoisotopic (exact) mass is 337 g/mol. The van der Waals surface area contributed by atoms with Gasteiger partial charge >= 0.3 is 5.97 Å². The minimum absolute atomic E-state index is 0.292.